The number of fused-ring (bicyclic) bond motifs is 4. The molecule has 154 valence electrons. The minimum Gasteiger partial charge on any atom is -0.350 e. The fourth-order valence-corrected chi connectivity index (χ4v) is 5.46. The van der Waals surface area contributed by atoms with Crippen molar-refractivity contribution in [2.45, 2.75) is 31.5 Å². The molecule has 30 heavy (non-hydrogen) atoms. The maximum absolute atomic E-state index is 13.3. The van der Waals surface area contributed by atoms with E-state index in [0.29, 0.717) is 13.1 Å². The average molecular weight is 422 g/mol. The van der Waals surface area contributed by atoms with Crippen LogP contribution in [-0.2, 0) is 17.9 Å². The predicted molar refractivity (Wildman–Crippen MR) is 114 cm³/mol. The van der Waals surface area contributed by atoms with Crippen molar-refractivity contribution in [1.82, 2.24) is 24.8 Å². The van der Waals surface area contributed by atoms with Gasteiger partial charge in [-0.25, -0.2) is 9.97 Å². The summed E-state index contributed by atoms with van der Waals surface area (Å²) >= 11 is 1.61. The van der Waals surface area contributed by atoms with Crippen LogP contribution in [0.15, 0.2) is 58.3 Å². The van der Waals surface area contributed by atoms with Gasteiger partial charge in [-0.2, -0.15) is 11.3 Å². The number of hydrogen-bond donors (Lipinski definition) is 1. The van der Waals surface area contributed by atoms with Crippen molar-refractivity contribution in [3.8, 4) is 0 Å². The van der Waals surface area contributed by atoms with Crippen LogP contribution in [0.3, 0.4) is 0 Å². The summed E-state index contributed by atoms with van der Waals surface area (Å²) in [4.78, 5) is 37.0. The normalized spacial score (nSPS) is 23.0. The highest BCUT2D eigenvalue weighted by atomic mass is 32.1. The van der Waals surface area contributed by atoms with Crippen LogP contribution in [-0.4, -0.2) is 38.4 Å². The van der Waals surface area contributed by atoms with Gasteiger partial charge in [-0.1, -0.05) is 6.07 Å². The van der Waals surface area contributed by atoms with Crippen LogP contribution in [0.5, 0.6) is 0 Å². The Bertz CT molecular complexity index is 1080. The molecule has 7 nitrogen and oxygen atoms in total. The number of hydrogen-bond acceptors (Lipinski definition) is 6. The lowest BCUT2D eigenvalue weighted by molar-refractivity contribution is -0.128. The molecule has 5 rings (SSSR count). The summed E-state index contributed by atoms with van der Waals surface area (Å²) in [6.07, 6.45) is 4.41. The summed E-state index contributed by atoms with van der Waals surface area (Å²) in [5, 5.41) is 7.08. The molecule has 3 aromatic heterocycles. The zero-order valence-electron chi connectivity index (χ0n) is 16.5. The topological polar surface area (TPSA) is 80.1 Å². The zero-order valence-corrected chi connectivity index (χ0v) is 17.3. The first-order valence-electron chi connectivity index (χ1n) is 10.2. The molecule has 3 atom stereocenters. The Labute approximate surface area is 178 Å². The summed E-state index contributed by atoms with van der Waals surface area (Å²) in [5.74, 6) is 0.989. The second kappa shape index (κ2) is 8.12. The highest BCUT2D eigenvalue weighted by Crippen LogP contribution is 2.41. The molecular weight excluding hydrogens is 398 g/mol. The van der Waals surface area contributed by atoms with E-state index in [1.165, 1.54) is 0 Å². The summed E-state index contributed by atoms with van der Waals surface area (Å²) in [6, 6.07) is 8.66. The third kappa shape index (κ3) is 3.68. The first-order chi connectivity index (χ1) is 14.7. The van der Waals surface area contributed by atoms with Gasteiger partial charge in [-0.05, 0) is 40.9 Å². The van der Waals surface area contributed by atoms with Gasteiger partial charge in [0.05, 0.1) is 6.54 Å². The standard InChI is InChI=1S/C22H23N5O2S/c28-20-4-1-3-18-16-9-17(12-26(11-16)13-19-23-6-2-7-24-19)21(27(18)20)22(29)25-10-15-5-8-30-14-15/h1-8,14,16-17,21H,9-13H2,(H,25,29)/t16-,17+,21+/m0/s1. The van der Waals surface area contributed by atoms with Gasteiger partial charge < -0.3 is 5.32 Å². The van der Waals surface area contributed by atoms with Crippen molar-refractivity contribution in [3.05, 3.63) is 80.9 Å². The average Bonchev–Trinajstić information content (AvgIpc) is 3.27. The van der Waals surface area contributed by atoms with Crippen LogP contribution < -0.4 is 10.9 Å². The third-order valence-electron chi connectivity index (χ3n) is 6.02. The van der Waals surface area contributed by atoms with Crippen LogP contribution in [0.2, 0.25) is 0 Å². The molecular formula is C22H23N5O2S. The lowest BCUT2D eigenvalue weighted by Crippen LogP contribution is -2.53. The Morgan fingerprint density at radius 1 is 1.17 bits per heavy atom. The van der Waals surface area contributed by atoms with Crippen LogP contribution >= 0.6 is 11.3 Å². The largest absolute Gasteiger partial charge is 0.350 e. The van der Waals surface area contributed by atoms with Crippen molar-refractivity contribution < 1.29 is 4.79 Å². The molecule has 1 amide bonds. The van der Waals surface area contributed by atoms with E-state index in [4.69, 9.17) is 0 Å². The Kier molecular flexibility index (Phi) is 5.18. The zero-order chi connectivity index (χ0) is 20.5. The fraction of sp³-hybridized carbons (Fsp3) is 0.364. The number of thiophene rings is 1. The smallest absolute Gasteiger partial charge is 0.251 e. The van der Waals surface area contributed by atoms with Crippen LogP contribution in [0.1, 0.15) is 35.5 Å². The van der Waals surface area contributed by atoms with E-state index in [-0.39, 0.29) is 23.3 Å². The van der Waals surface area contributed by atoms with E-state index in [0.717, 1.165) is 36.6 Å². The van der Waals surface area contributed by atoms with Gasteiger partial charge in [0.1, 0.15) is 11.9 Å². The second-order valence-electron chi connectivity index (χ2n) is 8.00. The molecule has 1 saturated heterocycles. The molecule has 2 aliphatic rings. The number of piperidine rings is 1. The van der Waals surface area contributed by atoms with E-state index in [1.54, 1.807) is 40.4 Å². The number of pyridine rings is 1. The molecule has 0 saturated carbocycles. The number of amides is 1. The summed E-state index contributed by atoms with van der Waals surface area (Å²) < 4.78 is 1.73. The molecule has 1 N–H and O–H groups in total. The monoisotopic (exact) mass is 421 g/mol. The van der Waals surface area contributed by atoms with Gasteiger partial charge in [0.2, 0.25) is 5.91 Å². The summed E-state index contributed by atoms with van der Waals surface area (Å²) in [7, 11) is 0. The van der Waals surface area contributed by atoms with Gasteiger partial charge >= 0.3 is 0 Å². The van der Waals surface area contributed by atoms with E-state index < -0.39 is 6.04 Å². The molecule has 0 aliphatic carbocycles. The maximum atomic E-state index is 13.3. The van der Waals surface area contributed by atoms with Crippen LogP contribution in [0, 0.1) is 5.92 Å². The third-order valence-corrected chi connectivity index (χ3v) is 6.75. The quantitative estimate of drug-likeness (QED) is 0.683. The number of aromatic nitrogens is 3. The number of rotatable bonds is 5. The van der Waals surface area contributed by atoms with Crippen LogP contribution in [0.25, 0.3) is 0 Å². The molecule has 5 heterocycles. The fourth-order valence-electron chi connectivity index (χ4n) is 4.79. The first kappa shape index (κ1) is 19.1. The summed E-state index contributed by atoms with van der Waals surface area (Å²) in [6.45, 7) is 2.70. The molecule has 0 unspecified atom stereocenters. The first-order valence-corrected chi connectivity index (χ1v) is 11.1. The van der Waals surface area contributed by atoms with Gasteiger partial charge in [0.25, 0.3) is 5.56 Å². The second-order valence-corrected chi connectivity index (χ2v) is 8.78. The van der Waals surface area contributed by atoms with Crippen molar-refractivity contribution in [1.29, 1.82) is 0 Å². The SMILES string of the molecule is O=C(NCc1ccsc1)[C@H]1[C@@H]2C[C@@H](CN(Cc3ncccn3)C2)c2cccc(=O)n21. The highest BCUT2D eigenvalue weighted by Gasteiger charge is 2.43. The van der Waals surface area contributed by atoms with Gasteiger partial charge in [0, 0.05) is 55.6 Å². The Hall–Kier alpha value is -2.84. The molecule has 0 spiro atoms. The maximum Gasteiger partial charge on any atom is 0.251 e. The van der Waals surface area contributed by atoms with Crippen LogP contribution in [0.4, 0.5) is 0 Å². The number of likely N-dealkylation sites (tertiary alicyclic amines) is 1. The Morgan fingerprint density at radius 2 is 2.03 bits per heavy atom. The van der Waals surface area contributed by atoms with Crippen molar-refractivity contribution in [3.63, 3.8) is 0 Å². The number of carbonyl (C=O) groups is 1. The Morgan fingerprint density at radius 3 is 2.83 bits per heavy atom. The van der Waals surface area contributed by atoms with E-state index in [2.05, 4.69) is 20.2 Å². The molecule has 2 bridgehead atoms. The van der Waals surface area contributed by atoms with E-state index >= 15 is 0 Å². The number of nitrogens with one attached hydrogen (secondary N) is 1. The molecule has 2 aliphatic heterocycles. The van der Waals surface area contributed by atoms with Gasteiger partial charge in [0.15, 0.2) is 0 Å². The lowest BCUT2D eigenvalue weighted by atomic mass is 9.78. The molecule has 8 heteroatoms. The Balaban J connectivity index is 1.43. The molecule has 3 aromatic rings. The van der Waals surface area contributed by atoms with Crippen molar-refractivity contribution in [2.24, 2.45) is 5.92 Å². The van der Waals surface area contributed by atoms with Gasteiger partial charge in [-0.3, -0.25) is 19.1 Å². The lowest BCUT2D eigenvalue weighted by Gasteiger charge is -2.46. The molecule has 0 aromatic carbocycles. The highest BCUT2D eigenvalue weighted by molar-refractivity contribution is 7.07. The minimum absolute atomic E-state index is 0.0718. The summed E-state index contributed by atoms with van der Waals surface area (Å²) in [5.41, 5.74) is 1.93. The molecule has 0 radical (unpaired) electrons. The van der Waals surface area contributed by atoms with Crippen molar-refractivity contribution in [2.75, 3.05) is 13.1 Å². The predicted octanol–water partition coefficient (Wildman–Crippen LogP) is 2.18. The number of nitrogens with zero attached hydrogens (tertiary/aromatic N) is 4. The van der Waals surface area contributed by atoms with Gasteiger partial charge in [-0.15, -0.1) is 0 Å². The molecule has 1 fully saturated rings. The minimum atomic E-state index is -0.497. The van der Waals surface area contributed by atoms with E-state index in [9.17, 15) is 9.59 Å². The number of carbonyl (C=O) groups excluding carboxylic acids is 1. The van der Waals surface area contributed by atoms with Crippen molar-refractivity contribution >= 4 is 17.2 Å². The van der Waals surface area contributed by atoms with E-state index in [1.807, 2.05) is 29.0 Å².